The molecule has 1 heterocycles. The normalized spacial score (nSPS) is 17.8. The maximum atomic E-state index is 12.9. The SMILES string of the molecule is COc1ccc(/C(O)=C2\C(=O)C(=O)N(CCOCCO)C2c2cccc(OC)c2)cc1. The van der Waals surface area contributed by atoms with Crippen molar-refractivity contribution in [3.63, 3.8) is 0 Å². The number of rotatable bonds is 9. The number of benzene rings is 2. The monoisotopic (exact) mass is 427 g/mol. The zero-order valence-electron chi connectivity index (χ0n) is 17.4. The number of ether oxygens (including phenoxy) is 3. The number of aliphatic hydroxyl groups is 2. The van der Waals surface area contributed by atoms with Gasteiger partial charge in [0, 0.05) is 12.1 Å². The second-order valence-electron chi connectivity index (χ2n) is 6.83. The van der Waals surface area contributed by atoms with Crippen molar-refractivity contribution in [1.82, 2.24) is 4.90 Å². The summed E-state index contributed by atoms with van der Waals surface area (Å²) in [4.78, 5) is 27.1. The van der Waals surface area contributed by atoms with E-state index >= 15 is 0 Å². The maximum absolute atomic E-state index is 12.9. The molecular formula is C23H25NO7. The van der Waals surface area contributed by atoms with E-state index < -0.39 is 17.7 Å². The Morgan fingerprint density at radius 3 is 2.35 bits per heavy atom. The van der Waals surface area contributed by atoms with Crippen LogP contribution in [-0.4, -0.2) is 67.4 Å². The molecule has 1 unspecified atom stereocenters. The molecular weight excluding hydrogens is 402 g/mol. The van der Waals surface area contributed by atoms with Crippen molar-refractivity contribution in [2.75, 3.05) is 40.6 Å². The number of methoxy groups -OCH3 is 2. The predicted octanol–water partition coefficient (Wildman–Crippen LogP) is 2.13. The van der Waals surface area contributed by atoms with Crippen LogP contribution in [0, 0.1) is 0 Å². The first-order chi connectivity index (χ1) is 15.0. The molecule has 0 radical (unpaired) electrons. The third kappa shape index (κ3) is 4.70. The predicted molar refractivity (Wildman–Crippen MR) is 113 cm³/mol. The summed E-state index contributed by atoms with van der Waals surface area (Å²) in [5, 5.41) is 19.9. The number of hydrogen-bond acceptors (Lipinski definition) is 7. The molecule has 1 fully saturated rings. The van der Waals surface area contributed by atoms with Crippen LogP contribution in [0.5, 0.6) is 11.5 Å². The molecule has 1 aliphatic rings. The average molecular weight is 427 g/mol. The van der Waals surface area contributed by atoms with Gasteiger partial charge in [-0.2, -0.15) is 0 Å². The lowest BCUT2D eigenvalue weighted by molar-refractivity contribution is -0.140. The molecule has 164 valence electrons. The van der Waals surface area contributed by atoms with Gasteiger partial charge in [0.25, 0.3) is 11.7 Å². The van der Waals surface area contributed by atoms with Crippen molar-refractivity contribution < 1.29 is 34.0 Å². The molecule has 3 rings (SSSR count). The Labute approximate surface area is 180 Å². The second-order valence-corrected chi connectivity index (χ2v) is 6.83. The van der Waals surface area contributed by atoms with Crippen LogP contribution in [0.3, 0.4) is 0 Å². The van der Waals surface area contributed by atoms with Crippen LogP contribution in [0.25, 0.3) is 5.76 Å². The van der Waals surface area contributed by atoms with E-state index in [4.69, 9.17) is 19.3 Å². The summed E-state index contributed by atoms with van der Waals surface area (Å²) in [6.07, 6.45) is 0. The van der Waals surface area contributed by atoms with Gasteiger partial charge in [0.1, 0.15) is 17.3 Å². The second kappa shape index (κ2) is 10.1. The molecule has 2 aromatic rings. The number of nitrogens with zero attached hydrogens (tertiary/aromatic N) is 1. The van der Waals surface area contributed by atoms with E-state index in [1.165, 1.54) is 19.1 Å². The highest BCUT2D eigenvalue weighted by Gasteiger charge is 2.46. The van der Waals surface area contributed by atoms with Crippen molar-refractivity contribution >= 4 is 17.4 Å². The van der Waals surface area contributed by atoms with Crippen LogP contribution >= 0.6 is 0 Å². The lowest BCUT2D eigenvalue weighted by atomic mass is 9.95. The lowest BCUT2D eigenvalue weighted by Crippen LogP contribution is -2.33. The smallest absolute Gasteiger partial charge is 0.295 e. The fraction of sp³-hybridized carbons (Fsp3) is 0.304. The Morgan fingerprint density at radius 2 is 1.71 bits per heavy atom. The van der Waals surface area contributed by atoms with Gasteiger partial charge in [-0.1, -0.05) is 12.1 Å². The highest BCUT2D eigenvalue weighted by Crippen LogP contribution is 2.40. The topological polar surface area (TPSA) is 106 Å². The number of hydrogen-bond donors (Lipinski definition) is 2. The number of carbonyl (C=O) groups excluding carboxylic acids is 2. The summed E-state index contributed by atoms with van der Waals surface area (Å²) in [7, 11) is 3.05. The number of Topliss-reactive ketones (excluding diaryl/α,β-unsaturated/α-hetero) is 1. The van der Waals surface area contributed by atoms with Gasteiger partial charge in [-0.05, 0) is 42.0 Å². The summed E-state index contributed by atoms with van der Waals surface area (Å²) < 4.78 is 15.7. The highest BCUT2D eigenvalue weighted by atomic mass is 16.5. The first-order valence-corrected chi connectivity index (χ1v) is 9.77. The molecule has 0 saturated carbocycles. The minimum atomic E-state index is -0.810. The fourth-order valence-corrected chi connectivity index (χ4v) is 3.50. The zero-order valence-corrected chi connectivity index (χ0v) is 17.4. The van der Waals surface area contributed by atoms with Crippen LogP contribution < -0.4 is 9.47 Å². The van der Waals surface area contributed by atoms with E-state index in [2.05, 4.69) is 0 Å². The molecule has 2 N–H and O–H groups in total. The number of likely N-dealkylation sites (tertiary alicyclic amines) is 1. The van der Waals surface area contributed by atoms with Crippen LogP contribution in [0.4, 0.5) is 0 Å². The Kier molecular flexibility index (Phi) is 7.28. The van der Waals surface area contributed by atoms with E-state index in [1.807, 2.05) is 0 Å². The van der Waals surface area contributed by atoms with Crippen molar-refractivity contribution in [2.24, 2.45) is 0 Å². The Morgan fingerprint density at radius 1 is 1.00 bits per heavy atom. The molecule has 2 aromatic carbocycles. The van der Waals surface area contributed by atoms with Crippen LogP contribution in [0.15, 0.2) is 54.1 Å². The van der Waals surface area contributed by atoms with Crippen LogP contribution in [-0.2, 0) is 14.3 Å². The molecule has 8 nitrogen and oxygen atoms in total. The molecule has 31 heavy (non-hydrogen) atoms. The van der Waals surface area contributed by atoms with E-state index in [9.17, 15) is 14.7 Å². The van der Waals surface area contributed by atoms with Gasteiger partial charge in [-0.25, -0.2) is 0 Å². The Balaban J connectivity index is 2.07. The van der Waals surface area contributed by atoms with E-state index in [0.717, 1.165) is 0 Å². The highest BCUT2D eigenvalue weighted by molar-refractivity contribution is 6.46. The van der Waals surface area contributed by atoms with E-state index in [-0.39, 0.29) is 37.7 Å². The first kappa shape index (κ1) is 22.3. The molecule has 8 heteroatoms. The van der Waals surface area contributed by atoms with Crippen LogP contribution in [0.1, 0.15) is 17.2 Å². The summed E-state index contributed by atoms with van der Waals surface area (Å²) in [6.45, 7) is 0.234. The molecule has 1 saturated heterocycles. The van der Waals surface area contributed by atoms with Crippen LogP contribution in [0.2, 0.25) is 0 Å². The van der Waals surface area contributed by atoms with Crippen molar-refractivity contribution in [3.8, 4) is 11.5 Å². The molecule has 0 bridgehead atoms. The third-order valence-electron chi connectivity index (χ3n) is 5.03. The molecule has 0 aliphatic carbocycles. The minimum Gasteiger partial charge on any atom is -0.507 e. The summed E-state index contributed by atoms with van der Waals surface area (Å²) in [6, 6.07) is 12.7. The Hall–Kier alpha value is -3.36. The summed E-state index contributed by atoms with van der Waals surface area (Å²) in [5.41, 5.74) is 1.00. The fourth-order valence-electron chi connectivity index (χ4n) is 3.50. The average Bonchev–Trinajstić information content (AvgIpc) is 3.06. The van der Waals surface area contributed by atoms with Crippen molar-refractivity contribution in [3.05, 3.63) is 65.2 Å². The third-order valence-corrected chi connectivity index (χ3v) is 5.03. The van der Waals surface area contributed by atoms with Gasteiger partial charge in [0.15, 0.2) is 0 Å². The van der Waals surface area contributed by atoms with Gasteiger partial charge in [0.05, 0.1) is 45.7 Å². The standard InChI is InChI=1S/C23H25NO7/c1-29-17-8-6-15(7-9-17)21(26)19-20(16-4-3-5-18(14-16)30-2)24(23(28)22(19)27)10-12-31-13-11-25/h3-9,14,20,25-26H,10-13H2,1-2H3/b21-19+. The summed E-state index contributed by atoms with van der Waals surface area (Å²) >= 11 is 0. The van der Waals surface area contributed by atoms with Gasteiger partial charge < -0.3 is 29.3 Å². The first-order valence-electron chi connectivity index (χ1n) is 9.77. The van der Waals surface area contributed by atoms with Gasteiger partial charge in [0.2, 0.25) is 0 Å². The number of aliphatic hydroxyl groups excluding tert-OH is 2. The lowest BCUT2D eigenvalue weighted by Gasteiger charge is -2.25. The van der Waals surface area contributed by atoms with Crippen molar-refractivity contribution in [1.29, 1.82) is 0 Å². The maximum Gasteiger partial charge on any atom is 0.295 e. The van der Waals surface area contributed by atoms with E-state index in [1.54, 1.807) is 48.5 Å². The number of ketones is 1. The minimum absolute atomic E-state index is 0.00872. The van der Waals surface area contributed by atoms with Crippen molar-refractivity contribution in [2.45, 2.75) is 6.04 Å². The molecule has 1 atom stereocenters. The number of amides is 1. The van der Waals surface area contributed by atoms with Gasteiger partial charge in [-0.3, -0.25) is 9.59 Å². The summed E-state index contributed by atoms with van der Waals surface area (Å²) in [5.74, 6) is -0.613. The van der Waals surface area contributed by atoms with E-state index in [0.29, 0.717) is 22.6 Å². The molecule has 0 spiro atoms. The molecule has 0 aromatic heterocycles. The molecule has 1 amide bonds. The largest absolute Gasteiger partial charge is 0.507 e. The number of carbonyl (C=O) groups is 2. The zero-order chi connectivity index (χ0) is 22.4. The molecule has 1 aliphatic heterocycles. The quantitative estimate of drug-likeness (QED) is 0.273. The van der Waals surface area contributed by atoms with Gasteiger partial charge >= 0.3 is 0 Å². The van der Waals surface area contributed by atoms with Gasteiger partial charge in [-0.15, -0.1) is 0 Å². The Bertz CT molecular complexity index is 968.